The first kappa shape index (κ1) is 49.2. The summed E-state index contributed by atoms with van der Waals surface area (Å²) in [6.07, 6.45) is 34.7. The maximum Gasteiger partial charge on any atom is 0.306 e. The number of aliphatic hydroxyl groups excluding tert-OH is 1. The number of unbranched alkanes of at least 4 members (excludes halogenated alkanes) is 22. The van der Waals surface area contributed by atoms with E-state index >= 15 is 0 Å². The van der Waals surface area contributed by atoms with Crippen LogP contribution in [0.2, 0.25) is 0 Å². The van der Waals surface area contributed by atoms with Crippen molar-refractivity contribution in [3.63, 3.8) is 0 Å². The Balaban J connectivity index is 3.95. The van der Waals surface area contributed by atoms with Gasteiger partial charge in [0.2, 0.25) is 0 Å². The molecule has 0 aromatic carbocycles. The summed E-state index contributed by atoms with van der Waals surface area (Å²) in [6.45, 7) is 10.2. The summed E-state index contributed by atoms with van der Waals surface area (Å²) in [5.74, 6) is 2.08. The Bertz CT molecular complexity index is 693. The van der Waals surface area contributed by atoms with Gasteiger partial charge in [-0.25, -0.2) is 0 Å². The Hall–Kier alpha value is -0.790. The Labute approximate surface area is 315 Å². The Morgan fingerprint density at radius 3 is 1.56 bits per heavy atom. The van der Waals surface area contributed by atoms with Crippen LogP contribution in [0.3, 0.4) is 0 Å². The van der Waals surface area contributed by atoms with Gasteiger partial charge in [0.25, 0.3) is 0 Å². The molecule has 7 heteroatoms. The fraction of sp³-hybridized carbons (Fsp3) is 0.953. The van der Waals surface area contributed by atoms with E-state index in [4.69, 9.17) is 9.47 Å². The highest BCUT2D eigenvalue weighted by Gasteiger charge is 2.15. The van der Waals surface area contributed by atoms with E-state index in [0.29, 0.717) is 19.4 Å². The molecule has 0 aromatic heterocycles. The molecule has 1 atom stereocenters. The molecule has 0 fully saturated rings. The number of hydrogen-bond donors (Lipinski definition) is 1. The van der Waals surface area contributed by atoms with E-state index in [0.717, 1.165) is 96.0 Å². The van der Waals surface area contributed by atoms with Gasteiger partial charge in [-0.15, -0.1) is 0 Å². The van der Waals surface area contributed by atoms with Gasteiger partial charge in [-0.1, -0.05) is 143 Å². The number of nitrogens with zero attached hydrogens (tertiary/aromatic N) is 1. The first-order valence-corrected chi connectivity index (χ1v) is 23.0. The molecule has 0 aliphatic rings. The highest BCUT2D eigenvalue weighted by molar-refractivity contribution is 7.99. The van der Waals surface area contributed by atoms with E-state index in [1.54, 1.807) is 0 Å². The highest BCUT2D eigenvalue weighted by atomic mass is 32.2. The number of carbonyl (C=O) groups is 2. The average Bonchev–Trinajstić information content (AvgIpc) is 3.11. The second kappa shape index (κ2) is 41.0. The van der Waals surface area contributed by atoms with E-state index in [1.165, 1.54) is 115 Å². The molecule has 0 rings (SSSR count). The minimum atomic E-state index is -0.0398. The van der Waals surface area contributed by atoms with Crippen LogP contribution in [0.1, 0.15) is 213 Å². The maximum atomic E-state index is 12.7. The van der Waals surface area contributed by atoms with Gasteiger partial charge >= 0.3 is 11.9 Å². The molecule has 1 unspecified atom stereocenters. The smallest absolute Gasteiger partial charge is 0.306 e. The second-order valence-electron chi connectivity index (χ2n) is 14.7. The van der Waals surface area contributed by atoms with Crippen LogP contribution in [-0.4, -0.2) is 72.4 Å². The van der Waals surface area contributed by atoms with Gasteiger partial charge in [-0.05, 0) is 76.6 Å². The zero-order valence-corrected chi connectivity index (χ0v) is 34.5. The molecule has 0 heterocycles. The summed E-state index contributed by atoms with van der Waals surface area (Å²) in [5.41, 5.74) is 0. The van der Waals surface area contributed by atoms with Gasteiger partial charge in [0.05, 0.1) is 13.2 Å². The standard InChI is InChI=1S/C43H85NO5S/c1-4-7-10-13-15-16-17-20-25-32-42(46)48-38-29-23-28-35-44(36-37-45)34-27-22-18-21-26-33-43(47)49-41(31-24-19-14-11-8-5-2)40-50-39-30-12-9-6-3/h41,45H,4-40H2,1-3H3. The van der Waals surface area contributed by atoms with Crippen molar-refractivity contribution in [3.8, 4) is 0 Å². The van der Waals surface area contributed by atoms with Gasteiger partial charge in [-0.2, -0.15) is 11.8 Å². The molecule has 0 aliphatic carbocycles. The van der Waals surface area contributed by atoms with Crippen molar-refractivity contribution < 1.29 is 24.2 Å². The lowest BCUT2D eigenvalue weighted by Crippen LogP contribution is -2.29. The minimum Gasteiger partial charge on any atom is -0.466 e. The summed E-state index contributed by atoms with van der Waals surface area (Å²) in [4.78, 5) is 27.1. The molecule has 298 valence electrons. The molecule has 0 amide bonds. The molecular formula is C43H85NO5S. The van der Waals surface area contributed by atoms with Gasteiger partial charge in [-0.3, -0.25) is 9.59 Å². The van der Waals surface area contributed by atoms with Crippen molar-refractivity contribution in [3.05, 3.63) is 0 Å². The normalized spacial score (nSPS) is 12.1. The summed E-state index contributed by atoms with van der Waals surface area (Å²) in [5, 5.41) is 9.53. The van der Waals surface area contributed by atoms with Crippen molar-refractivity contribution in [2.45, 2.75) is 219 Å². The molecule has 0 spiro atoms. The highest BCUT2D eigenvalue weighted by Crippen LogP contribution is 2.18. The number of carbonyl (C=O) groups excluding carboxylic acids is 2. The summed E-state index contributed by atoms with van der Waals surface area (Å²) < 4.78 is 11.4. The average molecular weight is 728 g/mol. The van der Waals surface area contributed by atoms with E-state index < -0.39 is 0 Å². The van der Waals surface area contributed by atoms with Gasteiger partial charge in [0.1, 0.15) is 6.10 Å². The van der Waals surface area contributed by atoms with Crippen LogP contribution < -0.4 is 0 Å². The predicted octanol–water partition coefficient (Wildman–Crippen LogP) is 12.2. The lowest BCUT2D eigenvalue weighted by atomic mass is 10.1. The molecule has 0 saturated heterocycles. The van der Waals surface area contributed by atoms with Crippen LogP contribution in [-0.2, 0) is 19.1 Å². The Morgan fingerprint density at radius 1 is 0.540 bits per heavy atom. The van der Waals surface area contributed by atoms with Crippen LogP contribution in [0.4, 0.5) is 0 Å². The maximum absolute atomic E-state index is 12.7. The summed E-state index contributed by atoms with van der Waals surface area (Å²) in [6, 6.07) is 0. The lowest BCUT2D eigenvalue weighted by molar-refractivity contribution is -0.148. The SMILES string of the molecule is CCCCCCCCCCCC(=O)OCCCCCN(CCO)CCCCCCCC(=O)OC(CCCCCCCC)CSCCCCCC. The zero-order chi connectivity index (χ0) is 36.6. The number of esters is 2. The Kier molecular flexibility index (Phi) is 40.3. The first-order valence-electron chi connectivity index (χ1n) is 21.8. The molecule has 0 bridgehead atoms. The third-order valence-electron chi connectivity index (χ3n) is 9.76. The van der Waals surface area contributed by atoms with Crippen molar-refractivity contribution in [1.29, 1.82) is 0 Å². The van der Waals surface area contributed by atoms with Crippen LogP contribution >= 0.6 is 11.8 Å². The van der Waals surface area contributed by atoms with Crippen molar-refractivity contribution in [2.75, 3.05) is 44.4 Å². The molecule has 0 radical (unpaired) electrons. The zero-order valence-electron chi connectivity index (χ0n) is 33.7. The molecule has 0 aliphatic heterocycles. The van der Waals surface area contributed by atoms with Crippen molar-refractivity contribution in [1.82, 2.24) is 4.90 Å². The lowest BCUT2D eigenvalue weighted by Gasteiger charge is -2.21. The van der Waals surface area contributed by atoms with E-state index in [-0.39, 0.29) is 24.6 Å². The number of thioether (sulfide) groups is 1. The monoisotopic (exact) mass is 728 g/mol. The molecule has 6 nitrogen and oxygen atoms in total. The summed E-state index contributed by atoms with van der Waals surface area (Å²) in [7, 11) is 0. The first-order chi connectivity index (χ1) is 24.6. The third kappa shape index (κ3) is 37.0. The van der Waals surface area contributed by atoms with Crippen molar-refractivity contribution in [2.24, 2.45) is 0 Å². The van der Waals surface area contributed by atoms with Gasteiger partial charge < -0.3 is 19.5 Å². The topological polar surface area (TPSA) is 76.1 Å². The fourth-order valence-corrected chi connectivity index (χ4v) is 7.56. The molecule has 0 aromatic rings. The largest absolute Gasteiger partial charge is 0.466 e. The minimum absolute atomic E-state index is 0.00439. The second-order valence-corrected chi connectivity index (χ2v) is 15.9. The van der Waals surface area contributed by atoms with Crippen LogP contribution in [0, 0.1) is 0 Å². The molecule has 1 N–H and O–H groups in total. The quantitative estimate of drug-likeness (QED) is 0.0496. The number of ether oxygens (including phenoxy) is 2. The number of aliphatic hydroxyl groups is 1. The van der Waals surface area contributed by atoms with Crippen LogP contribution in [0.15, 0.2) is 0 Å². The van der Waals surface area contributed by atoms with Gasteiger partial charge in [0.15, 0.2) is 0 Å². The third-order valence-corrected chi connectivity index (χ3v) is 10.9. The van der Waals surface area contributed by atoms with Crippen molar-refractivity contribution >= 4 is 23.7 Å². The van der Waals surface area contributed by atoms with Gasteiger partial charge in [0, 0.05) is 25.1 Å². The van der Waals surface area contributed by atoms with E-state index in [9.17, 15) is 14.7 Å². The predicted molar refractivity (Wildman–Crippen MR) is 217 cm³/mol. The van der Waals surface area contributed by atoms with Crippen LogP contribution in [0.25, 0.3) is 0 Å². The number of hydrogen-bond acceptors (Lipinski definition) is 7. The Morgan fingerprint density at radius 2 is 1.00 bits per heavy atom. The van der Waals surface area contributed by atoms with E-state index in [2.05, 4.69) is 25.7 Å². The fourth-order valence-electron chi connectivity index (χ4n) is 6.48. The van der Waals surface area contributed by atoms with Crippen LogP contribution in [0.5, 0.6) is 0 Å². The number of rotatable bonds is 41. The molecule has 50 heavy (non-hydrogen) atoms. The summed E-state index contributed by atoms with van der Waals surface area (Å²) >= 11 is 1.97. The van der Waals surface area contributed by atoms with E-state index in [1.807, 2.05) is 11.8 Å². The molecule has 0 saturated carbocycles. The molecular weight excluding hydrogens is 643 g/mol.